The van der Waals surface area contributed by atoms with Gasteiger partial charge in [-0.3, -0.25) is 10.1 Å². The highest BCUT2D eigenvalue weighted by atomic mass is 16.6. The van der Waals surface area contributed by atoms with Crippen molar-refractivity contribution < 1.29 is 4.92 Å². The van der Waals surface area contributed by atoms with Crippen molar-refractivity contribution >= 4 is 11.5 Å². The normalized spacial score (nSPS) is 17.0. The molecule has 1 saturated carbocycles. The highest BCUT2D eigenvalue weighted by Gasteiger charge is 2.32. The molecule has 6 heteroatoms. The molecule has 0 radical (unpaired) electrons. The predicted molar refractivity (Wildman–Crippen MR) is 74.0 cm³/mol. The molecule has 2 N–H and O–H groups in total. The molecular formula is C13H22N4O2. The molecule has 1 aromatic heterocycles. The number of hydrogen-bond acceptors (Lipinski definition) is 4. The third-order valence-electron chi connectivity index (χ3n) is 3.54. The van der Waals surface area contributed by atoms with E-state index in [1.165, 1.54) is 0 Å². The van der Waals surface area contributed by atoms with Crippen LogP contribution in [-0.4, -0.2) is 14.7 Å². The summed E-state index contributed by atoms with van der Waals surface area (Å²) in [7, 11) is 0. The van der Waals surface area contributed by atoms with E-state index in [-0.39, 0.29) is 23.0 Å². The van der Waals surface area contributed by atoms with Crippen LogP contribution in [-0.2, 0) is 6.42 Å². The van der Waals surface area contributed by atoms with Gasteiger partial charge in [0.1, 0.15) is 5.69 Å². The molecule has 0 atom stereocenters. The van der Waals surface area contributed by atoms with Gasteiger partial charge in [0.2, 0.25) is 5.82 Å². The largest absolute Gasteiger partial charge is 0.378 e. The summed E-state index contributed by atoms with van der Waals surface area (Å²) in [6.45, 7) is 6.13. The van der Waals surface area contributed by atoms with Crippen LogP contribution >= 0.6 is 0 Å². The maximum Gasteiger partial charge on any atom is 0.333 e. The van der Waals surface area contributed by atoms with E-state index in [1.807, 2.05) is 20.8 Å². The second-order valence-corrected chi connectivity index (χ2v) is 6.56. The molecule has 2 rings (SSSR count). The molecule has 0 spiro atoms. The van der Waals surface area contributed by atoms with Gasteiger partial charge in [0.15, 0.2) is 0 Å². The van der Waals surface area contributed by atoms with Gasteiger partial charge >= 0.3 is 5.69 Å². The Morgan fingerprint density at radius 1 is 1.42 bits per heavy atom. The Morgan fingerprint density at radius 2 is 2.00 bits per heavy atom. The Bertz CT molecular complexity index is 482. The van der Waals surface area contributed by atoms with E-state index in [2.05, 4.69) is 5.10 Å². The van der Waals surface area contributed by atoms with E-state index < -0.39 is 4.92 Å². The molecule has 106 valence electrons. The first-order chi connectivity index (χ1) is 8.79. The van der Waals surface area contributed by atoms with Gasteiger partial charge in [0.25, 0.3) is 0 Å². The third kappa shape index (κ3) is 2.88. The minimum atomic E-state index is -0.394. The van der Waals surface area contributed by atoms with E-state index in [0.29, 0.717) is 12.1 Å². The lowest BCUT2D eigenvalue weighted by atomic mass is 9.90. The summed E-state index contributed by atoms with van der Waals surface area (Å²) in [5.74, 6) is 0.219. The molecule has 1 aliphatic carbocycles. The zero-order valence-electron chi connectivity index (χ0n) is 11.8. The standard InChI is InChI=1S/C13H22N4O2/c1-13(2,3)8-10-11(17(18)19)12(14)16(15-10)9-6-4-5-7-9/h9H,4-8,14H2,1-3H3. The molecule has 1 aliphatic rings. The SMILES string of the molecule is CC(C)(C)Cc1nn(C2CCCC2)c(N)c1[N+](=O)[O-]. The summed E-state index contributed by atoms with van der Waals surface area (Å²) in [5.41, 5.74) is 6.43. The monoisotopic (exact) mass is 266 g/mol. The molecule has 19 heavy (non-hydrogen) atoms. The van der Waals surface area contributed by atoms with Crippen molar-refractivity contribution in [3.05, 3.63) is 15.8 Å². The zero-order chi connectivity index (χ0) is 14.2. The zero-order valence-corrected chi connectivity index (χ0v) is 11.8. The van der Waals surface area contributed by atoms with E-state index in [9.17, 15) is 10.1 Å². The van der Waals surface area contributed by atoms with Crippen molar-refractivity contribution in [3.8, 4) is 0 Å². The van der Waals surface area contributed by atoms with Gasteiger partial charge in [0, 0.05) is 6.42 Å². The molecule has 1 aromatic rings. The third-order valence-corrected chi connectivity index (χ3v) is 3.54. The van der Waals surface area contributed by atoms with Gasteiger partial charge < -0.3 is 5.73 Å². The number of hydrogen-bond donors (Lipinski definition) is 1. The van der Waals surface area contributed by atoms with Crippen molar-refractivity contribution in [2.24, 2.45) is 5.41 Å². The molecule has 1 heterocycles. The second-order valence-electron chi connectivity index (χ2n) is 6.56. The van der Waals surface area contributed by atoms with Crippen molar-refractivity contribution in [1.82, 2.24) is 9.78 Å². The lowest BCUT2D eigenvalue weighted by Gasteiger charge is -2.15. The van der Waals surface area contributed by atoms with Gasteiger partial charge in [-0.05, 0) is 18.3 Å². The molecule has 0 bridgehead atoms. The Balaban J connectivity index is 2.41. The van der Waals surface area contributed by atoms with E-state index in [1.54, 1.807) is 4.68 Å². The molecular weight excluding hydrogens is 244 g/mol. The fraction of sp³-hybridized carbons (Fsp3) is 0.769. The van der Waals surface area contributed by atoms with Crippen molar-refractivity contribution in [2.45, 2.75) is 58.9 Å². The van der Waals surface area contributed by atoms with Crippen LogP contribution in [0.15, 0.2) is 0 Å². The fourth-order valence-electron chi connectivity index (χ4n) is 2.74. The van der Waals surface area contributed by atoms with Crippen LogP contribution in [0.2, 0.25) is 0 Å². The molecule has 0 saturated heterocycles. The maximum atomic E-state index is 11.2. The van der Waals surface area contributed by atoms with Crippen LogP contribution in [0.5, 0.6) is 0 Å². The van der Waals surface area contributed by atoms with Crippen LogP contribution in [0.1, 0.15) is 58.2 Å². The summed E-state index contributed by atoms with van der Waals surface area (Å²) >= 11 is 0. The number of nitrogen functional groups attached to an aromatic ring is 1. The average Bonchev–Trinajstić information content (AvgIpc) is 2.83. The van der Waals surface area contributed by atoms with E-state index in [0.717, 1.165) is 25.7 Å². The van der Waals surface area contributed by atoms with Crippen LogP contribution in [0.4, 0.5) is 11.5 Å². The van der Waals surface area contributed by atoms with Crippen molar-refractivity contribution in [3.63, 3.8) is 0 Å². The van der Waals surface area contributed by atoms with Gasteiger partial charge in [-0.25, -0.2) is 4.68 Å². The lowest BCUT2D eigenvalue weighted by molar-refractivity contribution is -0.384. The number of anilines is 1. The topological polar surface area (TPSA) is 87.0 Å². The molecule has 0 unspecified atom stereocenters. The van der Waals surface area contributed by atoms with Crippen LogP contribution in [0.3, 0.4) is 0 Å². The Kier molecular flexibility index (Phi) is 3.52. The first-order valence-electron chi connectivity index (χ1n) is 6.81. The highest BCUT2D eigenvalue weighted by Crippen LogP contribution is 2.37. The molecule has 6 nitrogen and oxygen atoms in total. The lowest BCUT2D eigenvalue weighted by Crippen LogP contribution is -2.12. The molecule has 1 fully saturated rings. The Labute approximate surface area is 113 Å². The van der Waals surface area contributed by atoms with Crippen molar-refractivity contribution in [1.29, 1.82) is 0 Å². The van der Waals surface area contributed by atoms with Crippen molar-refractivity contribution in [2.75, 3.05) is 5.73 Å². The number of rotatable bonds is 3. The number of nitro groups is 1. The molecule has 0 amide bonds. The van der Waals surface area contributed by atoms with Crippen LogP contribution in [0, 0.1) is 15.5 Å². The van der Waals surface area contributed by atoms with Crippen LogP contribution < -0.4 is 5.73 Å². The number of aromatic nitrogens is 2. The highest BCUT2D eigenvalue weighted by molar-refractivity contribution is 5.57. The predicted octanol–water partition coefficient (Wildman–Crippen LogP) is 3.08. The fourth-order valence-corrected chi connectivity index (χ4v) is 2.74. The van der Waals surface area contributed by atoms with Gasteiger partial charge in [-0.2, -0.15) is 5.10 Å². The summed E-state index contributed by atoms with van der Waals surface area (Å²) < 4.78 is 1.69. The van der Waals surface area contributed by atoms with Gasteiger partial charge in [0.05, 0.1) is 11.0 Å². The Hall–Kier alpha value is -1.59. The first-order valence-corrected chi connectivity index (χ1v) is 6.81. The average molecular weight is 266 g/mol. The summed E-state index contributed by atoms with van der Waals surface area (Å²) in [6.07, 6.45) is 4.88. The molecule has 0 aromatic carbocycles. The van der Waals surface area contributed by atoms with E-state index in [4.69, 9.17) is 5.73 Å². The number of nitrogens with two attached hydrogens (primary N) is 1. The summed E-state index contributed by atoms with van der Waals surface area (Å²) in [5, 5.41) is 15.7. The quantitative estimate of drug-likeness (QED) is 0.672. The summed E-state index contributed by atoms with van der Waals surface area (Å²) in [6, 6.07) is 0.229. The second kappa shape index (κ2) is 4.83. The van der Waals surface area contributed by atoms with Gasteiger partial charge in [-0.15, -0.1) is 0 Å². The smallest absolute Gasteiger partial charge is 0.333 e. The van der Waals surface area contributed by atoms with E-state index >= 15 is 0 Å². The number of nitrogens with zero attached hydrogens (tertiary/aromatic N) is 3. The van der Waals surface area contributed by atoms with Gasteiger partial charge in [-0.1, -0.05) is 33.6 Å². The Morgan fingerprint density at radius 3 is 2.47 bits per heavy atom. The maximum absolute atomic E-state index is 11.2. The minimum Gasteiger partial charge on any atom is -0.378 e. The minimum absolute atomic E-state index is 0.00169. The first kappa shape index (κ1) is 13.8. The van der Waals surface area contributed by atoms with Crippen LogP contribution in [0.25, 0.3) is 0 Å². The summed E-state index contributed by atoms with van der Waals surface area (Å²) in [4.78, 5) is 10.8. The molecule has 0 aliphatic heterocycles.